The summed E-state index contributed by atoms with van der Waals surface area (Å²) in [7, 11) is 1.62. The molecule has 1 N–H and O–H groups in total. The van der Waals surface area contributed by atoms with Crippen molar-refractivity contribution < 1.29 is 14.3 Å². The van der Waals surface area contributed by atoms with Gasteiger partial charge in [-0.25, -0.2) is 4.98 Å². The molecule has 5 nitrogen and oxygen atoms in total. The minimum Gasteiger partial charge on any atom is -0.497 e. The van der Waals surface area contributed by atoms with Crippen LogP contribution in [0.25, 0.3) is 17.3 Å². The van der Waals surface area contributed by atoms with Crippen LogP contribution < -0.4 is 14.8 Å². The first-order valence-corrected chi connectivity index (χ1v) is 9.74. The predicted octanol–water partition coefficient (Wildman–Crippen LogP) is 5.18. The minimum absolute atomic E-state index is 0.220. The Morgan fingerprint density at radius 3 is 2.43 bits per heavy atom. The van der Waals surface area contributed by atoms with Gasteiger partial charge in [0, 0.05) is 16.5 Å². The molecule has 0 saturated carbocycles. The summed E-state index contributed by atoms with van der Waals surface area (Å²) in [5.41, 5.74) is 2.77. The summed E-state index contributed by atoms with van der Waals surface area (Å²) in [5.74, 6) is 1.39. The number of rotatable bonds is 7. The fraction of sp³-hybridized carbons (Fsp3) is 0.182. The summed E-state index contributed by atoms with van der Waals surface area (Å²) in [5, 5.41) is 3.40. The molecule has 6 heteroatoms. The van der Waals surface area contributed by atoms with Crippen LogP contribution in [0.5, 0.6) is 11.5 Å². The zero-order chi connectivity index (χ0) is 19.9. The van der Waals surface area contributed by atoms with E-state index in [1.165, 1.54) is 17.4 Å². The summed E-state index contributed by atoms with van der Waals surface area (Å²) in [4.78, 5) is 17.8. The van der Waals surface area contributed by atoms with E-state index in [0.29, 0.717) is 11.7 Å². The van der Waals surface area contributed by atoms with E-state index in [1.807, 2.05) is 62.4 Å². The Morgan fingerprint density at radius 2 is 1.79 bits per heavy atom. The maximum atomic E-state index is 12.2. The molecule has 0 unspecified atom stereocenters. The number of hydrogen-bond acceptors (Lipinski definition) is 5. The number of nitrogens with one attached hydrogen (secondary N) is 1. The standard InChI is InChI=1S/C22H22N2O3S/c1-4-27-19-12-8-17(9-13-19)21-15(2)28-22(24-21)23-20(25)14-7-16-5-10-18(26-3)11-6-16/h5-14H,4H2,1-3H3,(H,23,24,25)/b14-7+. The molecule has 1 aromatic heterocycles. The molecule has 0 bridgehead atoms. The van der Waals surface area contributed by atoms with Crippen molar-refractivity contribution in [3.63, 3.8) is 0 Å². The SMILES string of the molecule is CCOc1ccc(-c2nc(NC(=O)/C=C/c3ccc(OC)cc3)sc2C)cc1. The number of carbonyl (C=O) groups excluding carboxylic acids is 1. The molecule has 1 heterocycles. The highest BCUT2D eigenvalue weighted by atomic mass is 32.1. The molecule has 3 aromatic rings. The van der Waals surface area contributed by atoms with Crippen LogP contribution in [0.2, 0.25) is 0 Å². The Bertz CT molecular complexity index is 960. The van der Waals surface area contributed by atoms with Crippen molar-refractivity contribution in [3.8, 4) is 22.8 Å². The topological polar surface area (TPSA) is 60.5 Å². The average molecular weight is 394 g/mol. The molecule has 0 atom stereocenters. The first-order chi connectivity index (χ1) is 13.6. The molecular weight excluding hydrogens is 372 g/mol. The van der Waals surface area contributed by atoms with E-state index in [1.54, 1.807) is 13.2 Å². The average Bonchev–Trinajstić information content (AvgIpc) is 3.07. The monoisotopic (exact) mass is 394 g/mol. The van der Waals surface area contributed by atoms with Crippen molar-refractivity contribution in [1.29, 1.82) is 0 Å². The van der Waals surface area contributed by atoms with Crippen molar-refractivity contribution in [2.45, 2.75) is 13.8 Å². The Morgan fingerprint density at radius 1 is 1.11 bits per heavy atom. The highest BCUT2D eigenvalue weighted by Gasteiger charge is 2.11. The lowest BCUT2D eigenvalue weighted by molar-refractivity contribution is -0.111. The lowest BCUT2D eigenvalue weighted by atomic mass is 10.1. The fourth-order valence-electron chi connectivity index (χ4n) is 2.63. The Hall–Kier alpha value is -3.12. The minimum atomic E-state index is -0.220. The predicted molar refractivity (Wildman–Crippen MR) is 114 cm³/mol. The summed E-state index contributed by atoms with van der Waals surface area (Å²) < 4.78 is 10.6. The number of thiazole rings is 1. The van der Waals surface area contributed by atoms with Crippen LogP contribution in [0.1, 0.15) is 17.4 Å². The van der Waals surface area contributed by atoms with Crippen LogP contribution in [-0.4, -0.2) is 24.6 Å². The summed E-state index contributed by atoms with van der Waals surface area (Å²) in [6, 6.07) is 15.3. The summed E-state index contributed by atoms with van der Waals surface area (Å²) in [6.07, 6.45) is 3.25. The molecule has 0 aliphatic heterocycles. The third-order valence-electron chi connectivity index (χ3n) is 4.01. The van der Waals surface area contributed by atoms with Gasteiger partial charge in [-0.15, -0.1) is 11.3 Å². The lowest BCUT2D eigenvalue weighted by Gasteiger charge is -2.04. The first-order valence-electron chi connectivity index (χ1n) is 8.93. The molecule has 0 saturated heterocycles. The van der Waals surface area contributed by atoms with Gasteiger partial charge >= 0.3 is 0 Å². The first kappa shape index (κ1) is 19.6. The van der Waals surface area contributed by atoms with Crippen molar-refractivity contribution in [2.75, 3.05) is 19.0 Å². The Kier molecular flexibility index (Phi) is 6.45. The molecule has 2 aromatic carbocycles. The maximum absolute atomic E-state index is 12.2. The van der Waals surface area contributed by atoms with E-state index in [9.17, 15) is 4.79 Å². The molecule has 0 fully saturated rings. The molecular formula is C22H22N2O3S. The number of carbonyl (C=O) groups is 1. The van der Waals surface area contributed by atoms with Gasteiger partial charge in [0.25, 0.3) is 0 Å². The van der Waals surface area contributed by atoms with Gasteiger partial charge in [-0.05, 0) is 61.9 Å². The van der Waals surface area contributed by atoms with Gasteiger partial charge in [0.1, 0.15) is 11.5 Å². The number of benzene rings is 2. The molecule has 28 heavy (non-hydrogen) atoms. The van der Waals surface area contributed by atoms with E-state index in [0.717, 1.165) is 33.2 Å². The number of anilines is 1. The fourth-order valence-corrected chi connectivity index (χ4v) is 3.47. The van der Waals surface area contributed by atoms with Gasteiger partial charge in [-0.3, -0.25) is 10.1 Å². The lowest BCUT2D eigenvalue weighted by Crippen LogP contribution is -2.07. The zero-order valence-electron chi connectivity index (χ0n) is 16.1. The van der Waals surface area contributed by atoms with Crippen molar-refractivity contribution in [2.24, 2.45) is 0 Å². The molecule has 0 aliphatic carbocycles. The van der Waals surface area contributed by atoms with Gasteiger partial charge in [0.15, 0.2) is 5.13 Å². The van der Waals surface area contributed by atoms with Gasteiger partial charge < -0.3 is 9.47 Å². The van der Waals surface area contributed by atoms with Crippen LogP contribution in [0, 0.1) is 6.92 Å². The van der Waals surface area contributed by atoms with Crippen LogP contribution in [-0.2, 0) is 4.79 Å². The quantitative estimate of drug-likeness (QED) is 0.561. The third-order valence-corrected chi connectivity index (χ3v) is 4.89. The van der Waals surface area contributed by atoms with Crippen LogP contribution in [0.15, 0.2) is 54.6 Å². The van der Waals surface area contributed by atoms with Gasteiger partial charge in [-0.1, -0.05) is 12.1 Å². The van der Waals surface area contributed by atoms with E-state index < -0.39 is 0 Å². The van der Waals surface area contributed by atoms with Crippen LogP contribution >= 0.6 is 11.3 Å². The molecule has 0 spiro atoms. The number of amides is 1. The second-order valence-corrected chi connectivity index (χ2v) is 7.18. The van der Waals surface area contributed by atoms with E-state index in [-0.39, 0.29) is 5.91 Å². The van der Waals surface area contributed by atoms with Crippen LogP contribution in [0.3, 0.4) is 0 Å². The van der Waals surface area contributed by atoms with Gasteiger partial charge in [0.2, 0.25) is 5.91 Å². The second-order valence-electron chi connectivity index (χ2n) is 5.98. The summed E-state index contributed by atoms with van der Waals surface area (Å²) in [6.45, 7) is 4.58. The number of aromatic nitrogens is 1. The third kappa shape index (κ3) is 4.98. The molecule has 0 aliphatic rings. The number of methoxy groups -OCH3 is 1. The number of aryl methyl sites for hydroxylation is 1. The highest BCUT2D eigenvalue weighted by Crippen LogP contribution is 2.31. The maximum Gasteiger partial charge on any atom is 0.250 e. The summed E-state index contributed by atoms with van der Waals surface area (Å²) >= 11 is 1.45. The number of nitrogens with zero attached hydrogens (tertiary/aromatic N) is 1. The molecule has 1 amide bonds. The molecule has 3 rings (SSSR count). The van der Waals surface area contributed by atoms with E-state index in [2.05, 4.69) is 10.3 Å². The van der Waals surface area contributed by atoms with Gasteiger partial charge in [-0.2, -0.15) is 0 Å². The van der Waals surface area contributed by atoms with Crippen LogP contribution in [0.4, 0.5) is 5.13 Å². The van der Waals surface area contributed by atoms with Gasteiger partial charge in [0.05, 0.1) is 19.4 Å². The van der Waals surface area contributed by atoms with Crippen molar-refractivity contribution >= 4 is 28.5 Å². The zero-order valence-corrected chi connectivity index (χ0v) is 16.9. The second kappa shape index (κ2) is 9.19. The van der Waals surface area contributed by atoms with E-state index in [4.69, 9.17) is 9.47 Å². The molecule has 0 radical (unpaired) electrons. The largest absolute Gasteiger partial charge is 0.497 e. The smallest absolute Gasteiger partial charge is 0.250 e. The molecule has 144 valence electrons. The number of ether oxygens (including phenoxy) is 2. The van der Waals surface area contributed by atoms with Crippen molar-refractivity contribution in [3.05, 3.63) is 65.0 Å². The van der Waals surface area contributed by atoms with Crippen molar-refractivity contribution in [1.82, 2.24) is 4.98 Å². The Labute approximate surface area is 168 Å². The normalized spacial score (nSPS) is 10.8. The highest BCUT2D eigenvalue weighted by molar-refractivity contribution is 7.16. The Balaban J connectivity index is 1.66. The van der Waals surface area contributed by atoms with E-state index >= 15 is 0 Å². The number of hydrogen-bond donors (Lipinski definition) is 1.